The molecular weight excluding hydrogens is 302 g/mol. The van der Waals surface area contributed by atoms with Crippen molar-refractivity contribution in [2.75, 3.05) is 0 Å². The molecule has 10 heteroatoms. The molecule has 0 fully saturated rings. The number of hydrogen-bond donors (Lipinski definition) is 2. The Morgan fingerprint density at radius 2 is 2.14 bits per heavy atom. The van der Waals surface area contributed by atoms with Crippen LogP contribution in [-0.2, 0) is 0 Å². The van der Waals surface area contributed by atoms with Crippen LogP contribution in [0.5, 0.6) is 11.6 Å². The van der Waals surface area contributed by atoms with Crippen LogP contribution in [0.25, 0.3) is 0 Å². The summed E-state index contributed by atoms with van der Waals surface area (Å²) >= 11 is 5.77. The van der Waals surface area contributed by atoms with E-state index in [4.69, 9.17) is 27.3 Å². The molecule has 0 saturated heterocycles. The van der Waals surface area contributed by atoms with E-state index in [1.165, 1.54) is 30.6 Å². The molecule has 0 spiro atoms. The molecule has 2 aromatic rings. The lowest BCUT2D eigenvalue weighted by Crippen LogP contribution is -2.16. The van der Waals surface area contributed by atoms with Gasteiger partial charge in [0.05, 0.1) is 4.92 Å². The molecule has 0 aliphatic rings. The number of nitro benzene ring substituents is 1. The second-order valence-corrected chi connectivity index (χ2v) is 4.07. The number of nitrogens with two attached hydrogens (primary N) is 1. The number of rotatable bonds is 4. The van der Waals surface area contributed by atoms with Gasteiger partial charge in [-0.1, -0.05) is 16.8 Å². The lowest BCUT2D eigenvalue weighted by Gasteiger charge is -2.08. The molecule has 3 N–H and O–H groups in total. The Balaban J connectivity index is 2.35. The monoisotopic (exact) mass is 309 g/mol. The number of oxime groups is 1. The molecule has 0 aliphatic carbocycles. The zero-order valence-electron chi connectivity index (χ0n) is 10.3. The minimum Gasteiger partial charge on any atom is -0.437 e. The molecule has 0 saturated carbocycles. The van der Waals surface area contributed by atoms with E-state index in [0.29, 0.717) is 0 Å². The fourth-order valence-electron chi connectivity index (χ4n) is 1.43. The number of aromatic nitrogens is 2. The summed E-state index contributed by atoms with van der Waals surface area (Å²) in [5.74, 6) is -0.123. The summed E-state index contributed by atoms with van der Waals surface area (Å²) in [7, 11) is 0. The fraction of sp³-hybridized carbons (Fsp3) is 0. The van der Waals surface area contributed by atoms with Gasteiger partial charge < -0.3 is 15.7 Å². The summed E-state index contributed by atoms with van der Waals surface area (Å²) in [5.41, 5.74) is 5.22. The Labute approximate surface area is 122 Å². The van der Waals surface area contributed by atoms with Gasteiger partial charge in [0.2, 0.25) is 5.88 Å². The Morgan fingerprint density at radius 3 is 2.76 bits per heavy atom. The highest BCUT2D eigenvalue weighted by Gasteiger charge is 2.16. The van der Waals surface area contributed by atoms with Crippen LogP contribution in [0.3, 0.4) is 0 Å². The van der Waals surface area contributed by atoms with Crippen molar-refractivity contribution < 1.29 is 14.9 Å². The van der Waals surface area contributed by atoms with E-state index in [0.717, 1.165) is 0 Å². The van der Waals surface area contributed by atoms with Crippen molar-refractivity contribution in [1.29, 1.82) is 0 Å². The lowest BCUT2D eigenvalue weighted by atomic mass is 10.3. The van der Waals surface area contributed by atoms with E-state index in [1.54, 1.807) is 0 Å². The Hall–Kier alpha value is -2.94. The molecule has 108 valence electrons. The van der Waals surface area contributed by atoms with Crippen molar-refractivity contribution in [3.63, 3.8) is 0 Å². The molecule has 0 unspecified atom stereocenters. The molecule has 1 aromatic heterocycles. The first kappa shape index (κ1) is 14.5. The molecule has 0 radical (unpaired) electrons. The predicted molar refractivity (Wildman–Crippen MR) is 72.7 cm³/mol. The lowest BCUT2D eigenvalue weighted by molar-refractivity contribution is -0.384. The van der Waals surface area contributed by atoms with Gasteiger partial charge in [-0.2, -0.15) is 0 Å². The number of nitro groups is 1. The van der Waals surface area contributed by atoms with Gasteiger partial charge in [-0.15, -0.1) is 0 Å². The first-order chi connectivity index (χ1) is 10.0. The third-order valence-electron chi connectivity index (χ3n) is 2.35. The largest absolute Gasteiger partial charge is 0.437 e. The Kier molecular flexibility index (Phi) is 4.14. The van der Waals surface area contributed by atoms with Gasteiger partial charge in [0.25, 0.3) is 5.69 Å². The summed E-state index contributed by atoms with van der Waals surface area (Å²) in [5, 5.41) is 22.1. The van der Waals surface area contributed by atoms with E-state index in [9.17, 15) is 10.1 Å². The number of amidine groups is 1. The number of halogens is 1. The Bertz CT molecular complexity index is 722. The molecule has 2 rings (SSSR count). The molecule has 1 aromatic carbocycles. The molecule has 0 aliphatic heterocycles. The van der Waals surface area contributed by atoms with Crippen molar-refractivity contribution in [3.8, 4) is 11.6 Å². The van der Waals surface area contributed by atoms with Crippen LogP contribution in [0.2, 0.25) is 5.02 Å². The van der Waals surface area contributed by atoms with Crippen molar-refractivity contribution in [3.05, 3.63) is 51.4 Å². The van der Waals surface area contributed by atoms with Crippen molar-refractivity contribution in [2.45, 2.75) is 0 Å². The van der Waals surface area contributed by atoms with Crippen molar-refractivity contribution in [1.82, 2.24) is 9.97 Å². The topological polar surface area (TPSA) is 137 Å². The molecule has 0 atom stereocenters. The summed E-state index contributed by atoms with van der Waals surface area (Å²) in [6.45, 7) is 0. The zero-order valence-corrected chi connectivity index (χ0v) is 11.1. The highest BCUT2D eigenvalue weighted by Crippen LogP contribution is 2.30. The van der Waals surface area contributed by atoms with Crippen LogP contribution >= 0.6 is 11.6 Å². The standard InChI is InChI=1S/C11H8ClN5O4/c12-7-5-6(1-2-8(7)17(19)20)21-11-9(10(13)16-18)14-3-4-15-11/h1-5,18H,(H2,13,16). The normalized spacial score (nSPS) is 11.2. The first-order valence-electron chi connectivity index (χ1n) is 5.43. The van der Waals surface area contributed by atoms with Crippen LogP contribution in [0.4, 0.5) is 5.69 Å². The van der Waals surface area contributed by atoms with Gasteiger partial charge in [-0.3, -0.25) is 10.1 Å². The maximum Gasteiger partial charge on any atom is 0.288 e. The van der Waals surface area contributed by atoms with Gasteiger partial charge >= 0.3 is 0 Å². The molecule has 1 heterocycles. The quantitative estimate of drug-likeness (QED) is 0.289. The third-order valence-corrected chi connectivity index (χ3v) is 2.65. The van der Waals surface area contributed by atoms with Crippen LogP contribution in [0.1, 0.15) is 5.69 Å². The molecule has 21 heavy (non-hydrogen) atoms. The van der Waals surface area contributed by atoms with Gasteiger partial charge in [-0.05, 0) is 6.07 Å². The van der Waals surface area contributed by atoms with Crippen molar-refractivity contribution in [2.24, 2.45) is 10.9 Å². The van der Waals surface area contributed by atoms with Crippen LogP contribution < -0.4 is 10.5 Å². The average molecular weight is 310 g/mol. The van der Waals surface area contributed by atoms with Crippen molar-refractivity contribution >= 4 is 23.1 Å². The summed E-state index contributed by atoms with van der Waals surface area (Å²) in [6, 6.07) is 3.79. The number of nitrogens with zero attached hydrogens (tertiary/aromatic N) is 4. The van der Waals surface area contributed by atoms with E-state index >= 15 is 0 Å². The third kappa shape index (κ3) is 3.15. The van der Waals surface area contributed by atoms with Crippen LogP contribution in [0, 0.1) is 10.1 Å². The molecule has 9 nitrogen and oxygen atoms in total. The highest BCUT2D eigenvalue weighted by atomic mass is 35.5. The van der Waals surface area contributed by atoms with Gasteiger partial charge in [0.15, 0.2) is 11.5 Å². The maximum absolute atomic E-state index is 10.7. The predicted octanol–water partition coefficient (Wildman–Crippen LogP) is 1.92. The SMILES string of the molecule is NC(=NO)c1nccnc1Oc1ccc([N+](=O)[O-])c(Cl)c1. The number of benzene rings is 1. The van der Waals surface area contributed by atoms with E-state index < -0.39 is 4.92 Å². The van der Waals surface area contributed by atoms with Gasteiger partial charge in [0.1, 0.15) is 10.8 Å². The maximum atomic E-state index is 10.7. The van der Waals surface area contributed by atoms with E-state index in [1.807, 2.05) is 0 Å². The number of hydrogen-bond acceptors (Lipinski definition) is 7. The minimum absolute atomic E-state index is 0.0227. The second-order valence-electron chi connectivity index (χ2n) is 3.67. The molecule has 0 amide bonds. The average Bonchev–Trinajstić information content (AvgIpc) is 2.46. The summed E-state index contributed by atoms with van der Waals surface area (Å²) in [6.07, 6.45) is 2.68. The Morgan fingerprint density at radius 1 is 1.43 bits per heavy atom. The van der Waals surface area contributed by atoms with E-state index in [2.05, 4.69) is 15.1 Å². The van der Waals surface area contributed by atoms with Gasteiger partial charge in [0, 0.05) is 24.5 Å². The van der Waals surface area contributed by atoms with E-state index in [-0.39, 0.29) is 33.9 Å². The molecule has 0 bridgehead atoms. The van der Waals surface area contributed by atoms with Crippen LogP contribution in [0.15, 0.2) is 35.7 Å². The first-order valence-corrected chi connectivity index (χ1v) is 5.81. The number of ether oxygens (including phenoxy) is 1. The summed E-state index contributed by atoms with van der Waals surface area (Å²) < 4.78 is 5.40. The minimum atomic E-state index is -0.615. The highest BCUT2D eigenvalue weighted by molar-refractivity contribution is 6.32. The fourth-order valence-corrected chi connectivity index (χ4v) is 1.67. The van der Waals surface area contributed by atoms with Crippen LogP contribution in [-0.4, -0.2) is 25.9 Å². The molecular formula is C11H8ClN5O4. The second kappa shape index (κ2) is 6.01. The van der Waals surface area contributed by atoms with Gasteiger partial charge in [-0.25, -0.2) is 9.97 Å². The zero-order chi connectivity index (χ0) is 15.4. The summed E-state index contributed by atoms with van der Waals surface area (Å²) in [4.78, 5) is 17.8. The smallest absolute Gasteiger partial charge is 0.288 e.